The molecule has 0 aromatic heterocycles. The summed E-state index contributed by atoms with van der Waals surface area (Å²) in [7, 11) is 0. The van der Waals surface area contributed by atoms with Crippen LogP contribution in [0.5, 0.6) is 5.75 Å². The molecule has 0 bridgehead atoms. The third kappa shape index (κ3) is 4.25. The molecule has 0 atom stereocenters. The van der Waals surface area contributed by atoms with Crippen molar-refractivity contribution in [3.63, 3.8) is 0 Å². The lowest BCUT2D eigenvalue weighted by atomic mass is 10.0. The molecule has 0 spiro atoms. The summed E-state index contributed by atoms with van der Waals surface area (Å²) in [5, 5.41) is 3.00. The molecule has 4 heteroatoms. The minimum atomic E-state index is -0.130. The standard InChI is InChI=1S/C19H24N2O2/c1-4-10-23-17-8-6-15(7-9-17)19(22)21-18-13(3)11-16(20)12-14(18)5-2/h6-9,11-12H,4-5,10,20H2,1-3H3,(H,21,22). The first-order valence-corrected chi connectivity index (χ1v) is 7.98. The Kier molecular flexibility index (Phi) is 5.63. The van der Waals surface area contributed by atoms with Crippen LogP contribution in [0, 0.1) is 6.92 Å². The maximum atomic E-state index is 12.5. The highest BCUT2D eigenvalue weighted by molar-refractivity contribution is 6.05. The van der Waals surface area contributed by atoms with Gasteiger partial charge in [0.05, 0.1) is 6.61 Å². The molecular formula is C19H24N2O2. The molecule has 0 saturated heterocycles. The molecule has 0 unspecified atom stereocenters. The Morgan fingerprint density at radius 1 is 1.17 bits per heavy atom. The second-order valence-electron chi connectivity index (χ2n) is 5.55. The van der Waals surface area contributed by atoms with Crippen LogP contribution in [-0.4, -0.2) is 12.5 Å². The monoisotopic (exact) mass is 312 g/mol. The summed E-state index contributed by atoms with van der Waals surface area (Å²) < 4.78 is 5.53. The molecule has 2 aromatic carbocycles. The number of carbonyl (C=O) groups is 1. The van der Waals surface area contributed by atoms with E-state index in [1.165, 1.54) is 0 Å². The van der Waals surface area contributed by atoms with Crippen molar-refractivity contribution < 1.29 is 9.53 Å². The van der Waals surface area contributed by atoms with Gasteiger partial charge in [0.25, 0.3) is 5.91 Å². The average molecular weight is 312 g/mol. The highest BCUT2D eigenvalue weighted by Gasteiger charge is 2.12. The number of amides is 1. The van der Waals surface area contributed by atoms with E-state index >= 15 is 0 Å². The van der Waals surface area contributed by atoms with Gasteiger partial charge in [-0.2, -0.15) is 0 Å². The molecule has 0 aliphatic carbocycles. The maximum absolute atomic E-state index is 12.5. The first kappa shape index (κ1) is 16.9. The van der Waals surface area contributed by atoms with E-state index in [2.05, 4.69) is 12.2 Å². The van der Waals surface area contributed by atoms with E-state index < -0.39 is 0 Å². The number of aryl methyl sites for hydroxylation is 2. The summed E-state index contributed by atoms with van der Waals surface area (Å²) >= 11 is 0. The molecule has 0 fully saturated rings. The Hall–Kier alpha value is -2.49. The summed E-state index contributed by atoms with van der Waals surface area (Å²) in [5.74, 6) is 0.649. The van der Waals surface area contributed by atoms with Gasteiger partial charge in [-0.1, -0.05) is 13.8 Å². The van der Waals surface area contributed by atoms with Crippen molar-refractivity contribution in [2.75, 3.05) is 17.7 Å². The summed E-state index contributed by atoms with van der Waals surface area (Å²) in [6.07, 6.45) is 1.77. The van der Waals surface area contributed by atoms with Crippen molar-refractivity contribution in [1.29, 1.82) is 0 Å². The number of benzene rings is 2. The predicted octanol–water partition coefficient (Wildman–Crippen LogP) is 4.18. The van der Waals surface area contributed by atoms with E-state index in [9.17, 15) is 4.79 Å². The minimum Gasteiger partial charge on any atom is -0.494 e. The van der Waals surface area contributed by atoms with Gasteiger partial charge >= 0.3 is 0 Å². The van der Waals surface area contributed by atoms with Gasteiger partial charge in [-0.3, -0.25) is 4.79 Å². The van der Waals surface area contributed by atoms with Crippen molar-refractivity contribution >= 4 is 17.3 Å². The number of nitrogen functional groups attached to an aromatic ring is 1. The lowest BCUT2D eigenvalue weighted by Crippen LogP contribution is -2.14. The highest BCUT2D eigenvalue weighted by Crippen LogP contribution is 2.25. The summed E-state index contributed by atoms with van der Waals surface area (Å²) in [6, 6.07) is 11.0. The predicted molar refractivity (Wildman–Crippen MR) is 95.2 cm³/mol. The van der Waals surface area contributed by atoms with Gasteiger partial charge in [0.1, 0.15) is 5.75 Å². The molecular weight excluding hydrogens is 288 g/mol. The van der Waals surface area contributed by atoms with Gasteiger partial charge in [-0.15, -0.1) is 0 Å². The quantitative estimate of drug-likeness (QED) is 0.786. The summed E-state index contributed by atoms with van der Waals surface area (Å²) in [5.41, 5.74) is 10.1. The number of anilines is 2. The third-order valence-corrected chi connectivity index (χ3v) is 3.65. The van der Waals surface area contributed by atoms with Crippen LogP contribution in [0.15, 0.2) is 36.4 Å². The molecule has 0 radical (unpaired) electrons. The van der Waals surface area contributed by atoms with Crippen LogP contribution in [0.4, 0.5) is 11.4 Å². The van der Waals surface area contributed by atoms with E-state index in [-0.39, 0.29) is 5.91 Å². The van der Waals surface area contributed by atoms with E-state index in [0.29, 0.717) is 12.2 Å². The Bertz CT molecular complexity index is 679. The fraction of sp³-hybridized carbons (Fsp3) is 0.316. The number of hydrogen-bond donors (Lipinski definition) is 2. The highest BCUT2D eigenvalue weighted by atomic mass is 16.5. The molecule has 2 rings (SSSR count). The lowest BCUT2D eigenvalue weighted by molar-refractivity contribution is 0.102. The Morgan fingerprint density at radius 3 is 2.48 bits per heavy atom. The number of ether oxygens (including phenoxy) is 1. The molecule has 0 heterocycles. The van der Waals surface area contributed by atoms with Crippen LogP contribution in [0.25, 0.3) is 0 Å². The zero-order chi connectivity index (χ0) is 16.8. The van der Waals surface area contributed by atoms with Crippen LogP contribution in [0.2, 0.25) is 0 Å². The van der Waals surface area contributed by atoms with Crippen LogP contribution < -0.4 is 15.8 Å². The van der Waals surface area contributed by atoms with E-state index in [0.717, 1.165) is 41.1 Å². The van der Waals surface area contributed by atoms with Gasteiger partial charge in [-0.25, -0.2) is 0 Å². The van der Waals surface area contributed by atoms with E-state index in [1.807, 2.05) is 38.1 Å². The maximum Gasteiger partial charge on any atom is 0.255 e. The molecule has 0 aliphatic heterocycles. The normalized spacial score (nSPS) is 10.4. The van der Waals surface area contributed by atoms with Crippen molar-refractivity contribution in [3.8, 4) is 5.75 Å². The van der Waals surface area contributed by atoms with Gasteiger partial charge < -0.3 is 15.8 Å². The summed E-state index contributed by atoms with van der Waals surface area (Å²) in [6.45, 7) is 6.73. The Labute approximate surface area is 137 Å². The SMILES string of the molecule is CCCOc1ccc(C(=O)Nc2c(C)cc(N)cc2CC)cc1. The number of nitrogens with one attached hydrogen (secondary N) is 1. The second kappa shape index (κ2) is 7.68. The number of carbonyl (C=O) groups excluding carboxylic acids is 1. The number of nitrogens with two attached hydrogens (primary N) is 1. The Balaban J connectivity index is 2.16. The largest absolute Gasteiger partial charge is 0.494 e. The van der Waals surface area contributed by atoms with Gasteiger partial charge in [0.15, 0.2) is 0 Å². The topological polar surface area (TPSA) is 64.3 Å². The van der Waals surface area contributed by atoms with Gasteiger partial charge in [0.2, 0.25) is 0 Å². The van der Waals surface area contributed by atoms with Crippen LogP contribution >= 0.6 is 0 Å². The third-order valence-electron chi connectivity index (χ3n) is 3.65. The molecule has 23 heavy (non-hydrogen) atoms. The van der Waals surface area contributed by atoms with Crippen LogP contribution in [-0.2, 0) is 6.42 Å². The lowest BCUT2D eigenvalue weighted by Gasteiger charge is -2.14. The van der Waals surface area contributed by atoms with Crippen molar-refractivity contribution in [2.45, 2.75) is 33.6 Å². The van der Waals surface area contributed by atoms with Gasteiger partial charge in [-0.05, 0) is 67.3 Å². The molecule has 3 N–H and O–H groups in total. The fourth-order valence-electron chi connectivity index (χ4n) is 2.46. The zero-order valence-electron chi connectivity index (χ0n) is 14.0. The minimum absolute atomic E-state index is 0.130. The first-order valence-electron chi connectivity index (χ1n) is 7.98. The number of rotatable bonds is 6. The van der Waals surface area contributed by atoms with Crippen LogP contribution in [0.3, 0.4) is 0 Å². The molecule has 1 amide bonds. The average Bonchev–Trinajstić information content (AvgIpc) is 2.55. The zero-order valence-corrected chi connectivity index (χ0v) is 14.0. The molecule has 0 saturated carbocycles. The number of hydrogen-bond acceptors (Lipinski definition) is 3. The Morgan fingerprint density at radius 2 is 1.87 bits per heavy atom. The van der Waals surface area contributed by atoms with Crippen LogP contribution in [0.1, 0.15) is 41.8 Å². The molecule has 4 nitrogen and oxygen atoms in total. The van der Waals surface area contributed by atoms with E-state index in [4.69, 9.17) is 10.5 Å². The first-order chi connectivity index (χ1) is 11.0. The smallest absolute Gasteiger partial charge is 0.255 e. The molecule has 122 valence electrons. The van der Waals surface area contributed by atoms with Crippen molar-refractivity contribution in [1.82, 2.24) is 0 Å². The summed E-state index contributed by atoms with van der Waals surface area (Å²) in [4.78, 5) is 12.5. The van der Waals surface area contributed by atoms with Gasteiger partial charge in [0, 0.05) is 16.9 Å². The fourth-order valence-corrected chi connectivity index (χ4v) is 2.46. The van der Waals surface area contributed by atoms with Crippen molar-refractivity contribution in [2.24, 2.45) is 0 Å². The molecule has 2 aromatic rings. The van der Waals surface area contributed by atoms with E-state index in [1.54, 1.807) is 12.1 Å². The van der Waals surface area contributed by atoms with Crippen molar-refractivity contribution in [3.05, 3.63) is 53.1 Å². The molecule has 0 aliphatic rings. The second-order valence-corrected chi connectivity index (χ2v) is 5.55.